The minimum Gasteiger partial charge on any atom is -0.513 e. The first kappa shape index (κ1) is 8.81. The molecule has 1 rings (SSSR count). The van der Waals surface area contributed by atoms with E-state index in [4.69, 9.17) is 5.11 Å². The number of rotatable bonds is 2. The topological polar surface area (TPSA) is 40.5 Å². The Morgan fingerprint density at radius 1 is 1.33 bits per heavy atom. The second-order valence-corrected chi connectivity index (χ2v) is 2.66. The van der Waals surface area contributed by atoms with Gasteiger partial charge in [0.25, 0.3) is 0 Å². The highest BCUT2D eigenvalue weighted by Crippen LogP contribution is 2.13. The molecule has 0 spiro atoms. The third kappa shape index (κ3) is 2.40. The summed E-state index contributed by atoms with van der Waals surface area (Å²) >= 11 is 0. The normalized spacial score (nSPS) is 14.3. The summed E-state index contributed by atoms with van der Waals surface area (Å²) in [5.74, 6) is 0.131. The smallest absolute Gasteiger partial charge is 0.101 e. The number of benzene rings is 1. The molecule has 1 unspecified atom stereocenters. The van der Waals surface area contributed by atoms with Gasteiger partial charge in [0.05, 0.1) is 5.76 Å². The van der Waals surface area contributed by atoms with Gasteiger partial charge >= 0.3 is 0 Å². The Hall–Kier alpha value is -1.28. The predicted octanol–water partition coefficient (Wildman–Crippen LogP) is 2.18. The maximum Gasteiger partial charge on any atom is 0.101 e. The summed E-state index contributed by atoms with van der Waals surface area (Å²) in [6.07, 6.45) is 0.686. The molecular weight excluding hydrogens is 152 g/mol. The Morgan fingerprint density at radius 3 is 2.42 bits per heavy atom. The molecule has 1 atom stereocenters. The van der Waals surface area contributed by atoms with E-state index in [0.717, 1.165) is 5.56 Å². The van der Waals surface area contributed by atoms with E-state index in [1.807, 2.05) is 30.3 Å². The van der Waals surface area contributed by atoms with Crippen LogP contribution in [0.5, 0.6) is 0 Å². The van der Waals surface area contributed by atoms with Crippen LogP contribution in [0.15, 0.2) is 42.2 Å². The molecular formula is C10H12O2. The van der Waals surface area contributed by atoms with Crippen molar-refractivity contribution in [2.75, 3.05) is 0 Å². The lowest BCUT2D eigenvalue weighted by Crippen LogP contribution is -1.93. The molecule has 1 aromatic rings. The Labute approximate surface area is 71.8 Å². The van der Waals surface area contributed by atoms with Gasteiger partial charge in [-0.3, -0.25) is 0 Å². The quantitative estimate of drug-likeness (QED) is 0.658. The SMILES string of the molecule is C/C(O)=C/C(O)c1ccccc1. The Kier molecular flexibility index (Phi) is 2.88. The summed E-state index contributed by atoms with van der Waals surface area (Å²) in [6, 6.07) is 9.19. The van der Waals surface area contributed by atoms with Crippen molar-refractivity contribution in [3.05, 3.63) is 47.7 Å². The van der Waals surface area contributed by atoms with Crippen molar-refractivity contribution in [3.8, 4) is 0 Å². The van der Waals surface area contributed by atoms with E-state index in [9.17, 15) is 5.11 Å². The molecule has 12 heavy (non-hydrogen) atoms. The molecule has 0 radical (unpaired) electrons. The number of aliphatic hydroxyl groups is 2. The molecule has 2 nitrogen and oxygen atoms in total. The molecule has 0 aliphatic rings. The van der Waals surface area contributed by atoms with Crippen LogP contribution in [0.2, 0.25) is 0 Å². The molecule has 0 aliphatic carbocycles. The van der Waals surface area contributed by atoms with E-state index in [1.165, 1.54) is 13.0 Å². The molecule has 2 heteroatoms. The van der Waals surface area contributed by atoms with Crippen LogP contribution < -0.4 is 0 Å². The third-order valence-corrected chi connectivity index (χ3v) is 1.54. The Morgan fingerprint density at radius 2 is 1.92 bits per heavy atom. The van der Waals surface area contributed by atoms with Crippen LogP contribution >= 0.6 is 0 Å². The number of hydrogen-bond acceptors (Lipinski definition) is 2. The predicted molar refractivity (Wildman–Crippen MR) is 47.8 cm³/mol. The largest absolute Gasteiger partial charge is 0.513 e. The number of aliphatic hydroxyl groups excluding tert-OH is 2. The molecule has 64 valence electrons. The first-order valence-corrected chi connectivity index (χ1v) is 3.80. The average Bonchev–Trinajstić information content (AvgIpc) is 2.05. The van der Waals surface area contributed by atoms with Crippen LogP contribution in [-0.4, -0.2) is 10.2 Å². The van der Waals surface area contributed by atoms with Crippen molar-refractivity contribution in [1.29, 1.82) is 0 Å². The average molecular weight is 164 g/mol. The zero-order valence-corrected chi connectivity index (χ0v) is 6.94. The Balaban J connectivity index is 2.79. The van der Waals surface area contributed by atoms with E-state index in [-0.39, 0.29) is 5.76 Å². The van der Waals surface area contributed by atoms with Crippen LogP contribution in [0.1, 0.15) is 18.6 Å². The lowest BCUT2D eigenvalue weighted by atomic mass is 10.1. The van der Waals surface area contributed by atoms with Gasteiger partial charge in [-0.25, -0.2) is 0 Å². The standard InChI is InChI=1S/C10H12O2/c1-8(11)7-10(12)9-5-3-2-4-6-9/h2-7,10-12H,1H3/b8-7-. The van der Waals surface area contributed by atoms with Gasteiger partial charge in [-0.05, 0) is 18.6 Å². The van der Waals surface area contributed by atoms with Gasteiger partial charge < -0.3 is 10.2 Å². The van der Waals surface area contributed by atoms with Crippen molar-refractivity contribution in [2.45, 2.75) is 13.0 Å². The Bertz CT molecular complexity index is 260. The molecule has 0 aromatic heterocycles. The van der Waals surface area contributed by atoms with Gasteiger partial charge in [-0.2, -0.15) is 0 Å². The maximum absolute atomic E-state index is 9.45. The molecule has 0 amide bonds. The maximum atomic E-state index is 9.45. The van der Waals surface area contributed by atoms with Gasteiger partial charge in [-0.1, -0.05) is 30.3 Å². The van der Waals surface area contributed by atoms with Gasteiger partial charge in [0.15, 0.2) is 0 Å². The minimum atomic E-state index is -0.712. The summed E-state index contributed by atoms with van der Waals surface area (Å²) < 4.78 is 0. The number of allylic oxidation sites excluding steroid dienone is 1. The minimum absolute atomic E-state index is 0.131. The van der Waals surface area contributed by atoms with Crippen molar-refractivity contribution in [2.24, 2.45) is 0 Å². The van der Waals surface area contributed by atoms with Crippen molar-refractivity contribution >= 4 is 0 Å². The van der Waals surface area contributed by atoms with E-state index in [2.05, 4.69) is 0 Å². The fraction of sp³-hybridized carbons (Fsp3) is 0.200. The van der Waals surface area contributed by atoms with E-state index >= 15 is 0 Å². The fourth-order valence-corrected chi connectivity index (χ4v) is 0.975. The second-order valence-electron chi connectivity index (χ2n) is 2.66. The summed E-state index contributed by atoms with van der Waals surface area (Å²) in [6.45, 7) is 1.53. The van der Waals surface area contributed by atoms with Crippen LogP contribution in [0, 0.1) is 0 Å². The van der Waals surface area contributed by atoms with Crippen LogP contribution in [0.4, 0.5) is 0 Å². The van der Waals surface area contributed by atoms with Gasteiger partial charge in [0.2, 0.25) is 0 Å². The molecule has 0 fully saturated rings. The van der Waals surface area contributed by atoms with Crippen LogP contribution in [0.25, 0.3) is 0 Å². The van der Waals surface area contributed by atoms with Crippen molar-refractivity contribution in [3.63, 3.8) is 0 Å². The van der Waals surface area contributed by atoms with Crippen molar-refractivity contribution < 1.29 is 10.2 Å². The molecule has 0 aliphatic heterocycles. The van der Waals surface area contributed by atoms with Crippen LogP contribution in [0.3, 0.4) is 0 Å². The molecule has 0 saturated carbocycles. The van der Waals surface area contributed by atoms with E-state index in [0.29, 0.717) is 0 Å². The lowest BCUT2D eigenvalue weighted by Gasteiger charge is -2.04. The monoisotopic (exact) mass is 164 g/mol. The highest BCUT2D eigenvalue weighted by molar-refractivity contribution is 5.21. The zero-order chi connectivity index (χ0) is 8.97. The number of hydrogen-bond donors (Lipinski definition) is 2. The highest BCUT2D eigenvalue weighted by atomic mass is 16.3. The fourth-order valence-electron chi connectivity index (χ4n) is 0.975. The molecule has 2 N–H and O–H groups in total. The van der Waals surface area contributed by atoms with Gasteiger partial charge in [0, 0.05) is 0 Å². The van der Waals surface area contributed by atoms with Crippen molar-refractivity contribution in [1.82, 2.24) is 0 Å². The van der Waals surface area contributed by atoms with Gasteiger partial charge in [0.1, 0.15) is 6.10 Å². The lowest BCUT2D eigenvalue weighted by molar-refractivity contribution is 0.222. The van der Waals surface area contributed by atoms with Gasteiger partial charge in [-0.15, -0.1) is 0 Å². The van der Waals surface area contributed by atoms with E-state index in [1.54, 1.807) is 0 Å². The third-order valence-electron chi connectivity index (χ3n) is 1.54. The first-order valence-electron chi connectivity index (χ1n) is 3.80. The zero-order valence-electron chi connectivity index (χ0n) is 6.94. The molecule has 1 aromatic carbocycles. The summed E-state index contributed by atoms with van der Waals surface area (Å²) in [7, 11) is 0. The molecule has 0 heterocycles. The second kappa shape index (κ2) is 3.93. The molecule has 0 bridgehead atoms. The molecule has 0 saturated heterocycles. The summed E-state index contributed by atoms with van der Waals surface area (Å²) in [4.78, 5) is 0. The summed E-state index contributed by atoms with van der Waals surface area (Å²) in [5.41, 5.74) is 0.783. The summed E-state index contributed by atoms with van der Waals surface area (Å²) in [5, 5.41) is 18.3. The van der Waals surface area contributed by atoms with Crippen LogP contribution in [-0.2, 0) is 0 Å². The van der Waals surface area contributed by atoms with E-state index < -0.39 is 6.10 Å². The highest BCUT2D eigenvalue weighted by Gasteiger charge is 2.01. The first-order chi connectivity index (χ1) is 5.70.